The van der Waals surface area contributed by atoms with Gasteiger partial charge in [-0.05, 0) is 108 Å². The summed E-state index contributed by atoms with van der Waals surface area (Å²) in [5.41, 5.74) is 11.3. The largest absolute Gasteiger partial charge is 0.508 e. The molecule has 2 atom stereocenters. The number of rotatable bonds is 27. The van der Waals surface area contributed by atoms with Crippen molar-refractivity contribution in [3.05, 3.63) is 270 Å². The van der Waals surface area contributed by atoms with Gasteiger partial charge in [0.05, 0.1) is 31.2 Å². The molecular formula is C72H74Cl4N4O13S2. The van der Waals surface area contributed by atoms with Crippen molar-refractivity contribution in [2.45, 2.75) is 89.8 Å². The number of nitrogens with two attached hydrogens (primary N) is 1. The summed E-state index contributed by atoms with van der Waals surface area (Å²) in [6.07, 6.45) is 1.57. The highest BCUT2D eigenvalue weighted by Gasteiger charge is 2.28. The molecule has 0 aliphatic carbocycles. The Morgan fingerprint density at radius 3 is 1.18 bits per heavy atom. The van der Waals surface area contributed by atoms with Crippen LogP contribution in [-0.2, 0) is 67.8 Å². The molecule has 0 saturated heterocycles. The van der Waals surface area contributed by atoms with Gasteiger partial charge < -0.3 is 45.6 Å². The number of aromatic carboxylic acids is 1. The van der Waals surface area contributed by atoms with E-state index in [0.717, 1.165) is 33.4 Å². The van der Waals surface area contributed by atoms with Crippen molar-refractivity contribution in [1.82, 2.24) is 15.1 Å². The molecule has 3 amide bonds. The first-order valence-corrected chi connectivity index (χ1v) is 30.9. The summed E-state index contributed by atoms with van der Waals surface area (Å²) in [5, 5.41) is 30.4. The Balaban J connectivity index is 0.000000331. The van der Waals surface area contributed by atoms with E-state index in [0.29, 0.717) is 25.9 Å². The van der Waals surface area contributed by atoms with Crippen molar-refractivity contribution in [2.24, 2.45) is 5.73 Å². The van der Waals surface area contributed by atoms with Crippen molar-refractivity contribution >= 4 is 121 Å². The van der Waals surface area contributed by atoms with Gasteiger partial charge in [0.15, 0.2) is 11.6 Å². The number of phenolic OH excluding ortho intramolecular Hbond substituents is 2. The Kier molecular flexibility index (Phi) is 33.6. The van der Waals surface area contributed by atoms with E-state index < -0.39 is 35.9 Å². The zero-order valence-electron chi connectivity index (χ0n) is 52.0. The second-order valence-corrected chi connectivity index (χ2v) is 23.1. The van der Waals surface area contributed by atoms with Gasteiger partial charge in [0, 0.05) is 64.0 Å². The molecule has 0 aliphatic heterocycles. The molecule has 95 heavy (non-hydrogen) atoms. The number of nitrogens with zero attached hydrogens (tertiary/aromatic N) is 2. The van der Waals surface area contributed by atoms with Crippen molar-refractivity contribution in [3.63, 3.8) is 0 Å². The van der Waals surface area contributed by atoms with Gasteiger partial charge in [0.25, 0.3) is 5.91 Å². The first kappa shape index (κ1) is 78.8. The Hall–Kier alpha value is -8.66. The van der Waals surface area contributed by atoms with E-state index in [1.807, 2.05) is 109 Å². The minimum atomic E-state index is -1.24. The number of amides is 3. The number of carboxylic acids is 1. The number of carbonyl (C=O) groups excluding carboxylic acids is 7. The number of Topliss-reactive ketones (excluding diaryl/α,β-unsaturated/α-hetero) is 2. The van der Waals surface area contributed by atoms with E-state index in [4.69, 9.17) is 66.7 Å². The van der Waals surface area contributed by atoms with Crippen LogP contribution in [0.2, 0.25) is 20.1 Å². The zero-order valence-corrected chi connectivity index (χ0v) is 57.0. The third-order valence-corrected chi connectivity index (χ3v) is 15.5. The van der Waals surface area contributed by atoms with Gasteiger partial charge in [0.2, 0.25) is 11.8 Å². The molecule has 23 heteroatoms. The molecule has 0 saturated carbocycles. The Labute approximate surface area is 586 Å². The van der Waals surface area contributed by atoms with Gasteiger partial charge >= 0.3 is 17.9 Å². The molecule has 17 nitrogen and oxygen atoms in total. The second kappa shape index (κ2) is 40.6. The first-order chi connectivity index (χ1) is 44.5. The quantitative estimate of drug-likeness (QED) is 0.0237. The number of ether oxygens (including phenoxy) is 2. The van der Waals surface area contributed by atoms with E-state index in [1.165, 1.54) is 24.3 Å². The maximum absolute atomic E-state index is 13.4. The topological polar surface area (TPSA) is 260 Å². The van der Waals surface area contributed by atoms with Gasteiger partial charge in [0.1, 0.15) is 36.8 Å². The Morgan fingerprint density at radius 1 is 0.453 bits per heavy atom. The van der Waals surface area contributed by atoms with Crippen LogP contribution in [0.3, 0.4) is 0 Å². The monoisotopic (exact) mass is 1410 g/mol. The molecule has 0 spiro atoms. The summed E-state index contributed by atoms with van der Waals surface area (Å²) in [7, 11) is 3.41. The minimum Gasteiger partial charge on any atom is -0.508 e. The number of ketones is 2. The summed E-state index contributed by atoms with van der Waals surface area (Å²) in [4.78, 5) is 103. The molecule has 0 heterocycles. The predicted octanol–water partition coefficient (Wildman–Crippen LogP) is 13.7. The van der Waals surface area contributed by atoms with Gasteiger partial charge in [-0.3, -0.25) is 28.8 Å². The van der Waals surface area contributed by atoms with Gasteiger partial charge in [-0.25, -0.2) is 9.59 Å². The number of benzene rings is 8. The fourth-order valence-electron chi connectivity index (χ4n) is 9.20. The third kappa shape index (κ3) is 26.6. The van der Waals surface area contributed by atoms with Crippen LogP contribution in [0.5, 0.6) is 11.5 Å². The number of halogens is 4. The summed E-state index contributed by atoms with van der Waals surface area (Å²) < 4.78 is 10.7. The summed E-state index contributed by atoms with van der Waals surface area (Å²) in [6.45, 7) is 1.09. The van der Waals surface area contributed by atoms with E-state index >= 15 is 0 Å². The van der Waals surface area contributed by atoms with Gasteiger partial charge in [-0.1, -0.05) is 192 Å². The molecule has 6 N–H and O–H groups in total. The molecule has 0 fully saturated rings. The Morgan fingerprint density at radius 2 is 0.800 bits per heavy atom. The molecular weight excluding hydrogens is 1330 g/mol. The molecule has 8 aromatic carbocycles. The highest BCUT2D eigenvalue weighted by Crippen LogP contribution is 2.30. The average molecular weight is 1410 g/mol. The van der Waals surface area contributed by atoms with Crippen LogP contribution in [-0.4, -0.2) is 98.5 Å². The number of aromatic hydroxyl groups is 2. The van der Waals surface area contributed by atoms with Crippen molar-refractivity contribution in [2.75, 3.05) is 14.1 Å². The van der Waals surface area contributed by atoms with Crippen LogP contribution in [0.25, 0.3) is 0 Å². The molecule has 0 aromatic heterocycles. The summed E-state index contributed by atoms with van der Waals surface area (Å²) in [5.74, 6) is -3.67. The molecule has 8 aromatic rings. The lowest BCUT2D eigenvalue weighted by Gasteiger charge is -2.21. The van der Waals surface area contributed by atoms with Crippen molar-refractivity contribution in [1.29, 1.82) is 0 Å². The molecule has 8 rings (SSSR count). The molecule has 0 unspecified atom stereocenters. The number of phenols is 2. The summed E-state index contributed by atoms with van der Waals surface area (Å²) >= 11 is 24.6. The number of carbonyl (C=O) groups is 8. The fourth-order valence-corrected chi connectivity index (χ4v) is 10.5. The van der Waals surface area contributed by atoms with Crippen LogP contribution in [0.15, 0.2) is 194 Å². The number of hydrogen-bond acceptors (Lipinski definition) is 13. The van der Waals surface area contributed by atoms with Crippen LogP contribution in [0.4, 0.5) is 0 Å². The van der Waals surface area contributed by atoms with E-state index in [1.54, 1.807) is 84.6 Å². The van der Waals surface area contributed by atoms with Crippen molar-refractivity contribution in [3.8, 4) is 11.5 Å². The SMILES string of the molecule is CN(Cc1ccccc1)C(=O)CC[C@H](N)C(=O)OCc1ccccc1.CN(Cc1ccccc1)C(=O)CC[C@H](NC(=O)c1c(Cl)cc(C(=O)CCc2cccc(O)c2)cc1Cl)C(=O)OCc1ccccc1.O=C(CCc1cccc(O)c1)c1cc(Cl)c(C(=O)O)c(Cl)c1.S.S. The number of hydrogen-bond donors (Lipinski definition) is 5. The van der Waals surface area contributed by atoms with Crippen LogP contribution in [0.1, 0.15) is 113 Å². The van der Waals surface area contributed by atoms with Crippen molar-refractivity contribution < 1.29 is 63.1 Å². The molecule has 0 radical (unpaired) electrons. The normalized spacial score (nSPS) is 11.0. The van der Waals surface area contributed by atoms with E-state index in [-0.39, 0.29) is 156 Å². The smallest absolute Gasteiger partial charge is 0.338 e. The number of nitrogens with one attached hydrogen (secondary N) is 1. The minimum absolute atomic E-state index is 0. The maximum Gasteiger partial charge on any atom is 0.338 e. The number of aryl methyl sites for hydroxylation is 2. The Bertz CT molecular complexity index is 3810. The lowest BCUT2D eigenvalue weighted by atomic mass is 10.0. The van der Waals surface area contributed by atoms with Crippen LogP contribution >= 0.6 is 73.4 Å². The lowest BCUT2D eigenvalue weighted by molar-refractivity contribution is -0.148. The highest BCUT2D eigenvalue weighted by atomic mass is 35.5. The van der Waals surface area contributed by atoms with Gasteiger partial charge in [-0.2, -0.15) is 27.0 Å². The lowest BCUT2D eigenvalue weighted by Crippen LogP contribution is -2.43. The summed E-state index contributed by atoms with van der Waals surface area (Å²) in [6, 6.07) is 54.3. The van der Waals surface area contributed by atoms with E-state index in [2.05, 4.69) is 5.32 Å². The second-order valence-electron chi connectivity index (χ2n) is 21.5. The van der Waals surface area contributed by atoms with E-state index in [9.17, 15) is 48.6 Å². The zero-order chi connectivity index (χ0) is 67.4. The fraction of sp³-hybridized carbons (Fsp3) is 0.222. The molecule has 0 bridgehead atoms. The predicted molar refractivity (Wildman–Crippen MR) is 378 cm³/mol. The third-order valence-electron chi connectivity index (χ3n) is 14.3. The first-order valence-electron chi connectivity index (χ1n) is 29.4. The number of esters is 2. The molecule has 0 aliphatic rings. The average Bonchev–Trinajstić information content (AvgIpc) is 0.829. The van der Waals surface area contributed by atoms with Gasteiger partial charge in [-0.15, -0.1) is 0 Å². The maximum atomic E-state index is 13.4. The molecule has 500 valence electrons. The van der Waals surface area contributed by atoms with Crippen LogP contribution in [0, 0.1) is 0 Å². The number of carboxylic acid groups (broad SMARTS) is 1. The van der Waals surface area contributed by atoms with Crippen LogP contribution < -0.4 is 11.1 Å². The standard InChI is InChI=1S/C36H34Cl2N2O6.C20H24N2O3.C16H12Cl2O4.2H2S/c1-40(22-25-9-4-2-5-10-25)33(43)18-16-31(36(45)46-23-26-11-6-3-7-12-26)39-35(44)34-29(37)20-27(21-30(34)38)32(42)17-15-24-13-8-14-28(41)19-24;1-22(14-16-8-4-2-5-9-16)19(23)13-12-18(21)20(24)25-15-17-10-6-3-7-11-17;17-12-7-10(8-13(18)15(12)16(21)22)14(20)5-4-9-2-1-3-11(19)6-9;;/h2-14,19-21,31,41H,15-18,22-23H2,1H3,(H,39,44);2-11,18H,12-15,21H2,1H3;1-3,6-8,19H,4-5H2,(H,21,22);2*1H2/t31-;18-;;;/m00.../s1. The highest BCUT2D eigenvalue weighted by molar-refractivity contribution is 7.59.